The average molecular weight is 174 g/mol. The molecule has 0 unspecified atom stereocenters. The maximum atomic E-state index is 10.6. The van der Waals surface area contributed by atoms with Gasteiger partial charge in [0, 0.05) is 0 Å². The summed E-state index contributed by atoms with van der Waals surface area (Å²) in [6.07, 6.45) is -5.08. The molecule has 66 valence electrons. The van der Waals surface area contributed by atoms with Crippen LogP contribution in [0.15, 0.2) is 0 Å². The van der Waals surface area contributed by atoms with Crippen molar-refractivity contribution in [3.05, 3.63) is 0 Å². The monoisotopic (exact) mass is 174 g/mol. The maximum absolute atomic E-state index is 10.6. The summed E-state index contributed by atoms with van der Waals surface area (Å²) < 4.78 is 31.7. The van der Waals surface area contributed by atoms with Crippen molar-refractivity contribution < 1.29 is 28.5 Å². The molecule has 0 amide bonds. The van der Waals surface area contributed by atoms with Gasteiger partial charge in [-0.1, -0.05) is 0 Å². The minimum atomic E-state index is -5.08. The average Bonchev–Trinajstić information content (AvgIpc) is 1.59. The van der Waals surface area contributed by atoms with Crippen LogP contribution in [-0.2, 0) is 4.79 Å². The van der Waals surface area contributed by atoms with E-state index < -0.39 is 12.1 Å². The molecule has 0 radical (unpaired) electrons. The van der Waals surface area contributed by atoms with E-state index in [-0.39, 0.29) is 5.96 Å². The topological polar surface area (TPSA) is 115 Å². The van der Waals surface area contributed by atoms with Crippen LogP contribution in [0.4, 0.5) is 13.2 Å². The van der Waals surface area contributed by atoms with E-state index in [1.807, 2.05) is 0 Å². The zero-order valence-corrected chi connectivity index (χ0v) is 5.22. The fraction of sp³-hybridized carbons (Fsp3) is 0.333. The third-order valence-electron chi connectivity index (χ3n) is 0.243. The van der Waals surface area contributed by atoms with Crippen LogP contribution < -0.4 is 16.9 Å². The van der Waals surface area contributed by atoms with Crippen LogP contribution in [0.1, 0.15) is 0 Å². The number of hydrogen-bond donors (Lipinski definition) is 4. The van der Waals surface area contributed by atoms with Gasteiger partial charge in [0.05, 0.1) is 0 Å². The second-order valence-corrected chi connectivity index (χ2v) is 1.30. The molecule has 0 bridgehead atoms. The van der Waals surface area contributed by atoms with Crippen LogP contribution in [-0.4, -0.2) is 23.2 Å². The Morgan fingerprint density at radius 2 is 1.45 bits per heavy atom. The van der Waals surface area contributed by atoms with Gasteiger partial charge in [0.2, 0.25) is 0 Å². The first kappa shape index (κ1) is 12.2. The van der Waals surface area contributed by atoms with Crippen LogP contribution in [0.3, 0.4) is 0 Å². The minimum Gasteiger partial charge on any atom is -0.475 e. The van der Waals surface area contributed by atoms with Gasteiger partial charge in [0.1, 0.15) is 0 Å². The van der Waals surface area contributed by atoms with Crippen LogP contribution in [0.2, 0.25) is 0 Å². The number of rotatable bonds is 0. The first-order chi connectivity index (χ1) is 4.68. The van der Waals surface area contributed by atoms with Crippen LogP contribution in [0.25, 0.3) is 0 Å². The van der Waals surface area contributed by atoms with Crippen molar-refractivity contribution in [1.29, 1.82) is 0 Å². The summed E-state index contributed by atoms with van der Waals surface area (Å²) in [5.74, 6) is -2.84. The van der Waals surface area contributed by atoms with Gasteiger partial charge in [-0.2, -0.15) is 13.2 Å². The molecule has 0 aromatic heterocycles. The molecule has 7 N–H and O–H groups in total. The van der Waals surface area contributed by atoms with Crippen LogP contribution >= 0.6 is 0 Å². The molecule has 0 atom stereocenters. The van der Waals surface area contributed by atoms with Gasteiger partial charge < -0.3 is 5.11 Å². The third-order valence-corrected chi connectivity index (χ3v) is 0.243. The molecule has 11 heavy (non-hydrogen) atoms. The van der Waals surface area contributed by atoms with E-state index in [2.05, 4.69) is 16.9 Å². The SMILES string of the molecule is NC(N)=[NH2+].O=C(O)C(F)(F)F. The number of carboxylic acid groups (broad SMARTS) is 1. The van der Waals surface area contributed by atoms with Crippen LogP contribution in [0.5, 0.6) is 0 Å². The van der Waals surface area contributed by atoms with Gasteiger partial charge in [-0.25, -0.2) is 4.79 Å². The highest BCUT2D eigenvalue weighted by Crippen LogP contribution is 2.13. The lowest BCUT2D eigenvalue weighted by atomic mass is 10.7. The predicted molar refractivity (Wildman–Crippen MR) is 29.0 cm³/mol. The predicted octanol–water partition coefficient (Wildman–Crippen LogP) is -2.35. The largest absolute Gasteiger partial charge is 0.490 e. The van der Waals surface area contributed by atoms with Crippen molar-refractivity contribution in [2.45, 2.75) is 6.18 Å². The lowest BCUT2D eigenvalue weighted by Gasteiger charge is -1.93. The highest BCUT2D eigenvalue weighted by Gasteiger charge is 2.38. The van der Waals surface area contributed by atoms with E-state index in [0.717, 1.165) is 0 Å². The lowest BCUT2D eigenvalue weighted by molar-refractivity contribution is -0.192. The quantitative estimate of drug-likeness (QED) is 0.243. The number of hydrogen-bond acceptors (Lipinski definition) is 1. The highest BCUT2D eigenvalue weighted by atomic mass is 19.4. The number of guanidine groups is 1. The van der Waals surface area contributed by atoms with Crippen molar-refractivity contribution in [2.75, 3.05) is 0 Å². The molecular formula is C3H7F3N3O2+. The van der Waals surface area contributed by atoms with Crippen molar-refractivity contribution in [3.8, 4) is 0 Å². The number of carbonyl (C=O) groups is 1. The normalized spacial score (nSPS) is 9.36. The molecule has 0 heterocycles. The summed E-state index contributed by atoms with van der Waals surface area (Å²) in [5.41, 5.74) is 9.17. The fourth-order valence-corrected chi connectivity index (χ4v) is 0. The van der Waals surface area contributed by atoms with E-state index in [0.29, 0.717) is 0 Å². The molecule has 0 aliphatic carbocycles. The second-order valence-electron chi connectivity index (χ2n) is 1.30. The van der Waals surface area contributed by atoms with Crippen molar-refractivity contribution in [3.63, 3.8) is 0 Å². The first-order valence-corrected chi connectivity index (χ1v) is 2.11. The molecule has 0 aromatic rings. The third kappa shape index (κ3) is 17.7. The van der Waals surface area contributed by atoms with Crippen LogP contribution in [0, 0.1) is 0 Å². The second kappa shape index (κ2) is 4.36. The minimum absolute atomic E-state index is 0.0833. The summed E-state index contributed by atoms with van der Waals surface area (Å²) in [6.45, 7) is 0. The van der Waals surface area contributed by atoms with Gasteiger partial charge in [0.15, 0.2) is 0 Å². The molecule has 0 saturated carbocycles. The first-order valence-electron chi connectivity index (χ1n) is 2.11. The number of nitrogens with two attached hydrogens (primary N) is 3. The van der Waals surface area contributed by atoms with Gasteiger partial charge >= 0.3 is 18.1 Å². The van der Waals surface area contributed by atoms with Gasteiger partial charge in [-0.3, -0.25) is 16.9 Å². The summed E-state index contributed by atoms with van der Waals surface area (Å²) in [7, 11) is 0. The van der Waals surface area contributed by atoms with Gasteiger partial charge in [-0.15, -0.1) is 0 Å². The lowest BCUT2D eigenvalue weighted by Crippen LogP contribution is -2.51. The van der Waals surface area contributed by atoms with Gasteiger partial charge in [0.25, 0.3) is 0 Å². The molecule has 0 aliphatic rings. The van der Waals surface area contributed by atoms with E-state index in [9.17, 15) is 13.2 Å². The Kier molecular flexibility index (Phi) is 4.85. The fourth-order valence-electron chi connectivity index (χ4n) is 0. The number of alkyl halides is 3. The van der Waals surface area contributed by atoms with Crippen molar-refractivity contribution in [1.82, 2.24) is 0 Å². The van der Waals surface area contributed by atoms with E-state index in [1.165, 1.54) is 0 Å². The molecule has 8 heteroatoms. The molecule has 0 aliphatic heterocycles. The Bertz CT molecular complexity index is 150. The maximum Gasteiger partial charge on any atom is 0.490 e. The molecule has 0 spiro atoms. The number of halogens is 3. The Morgan fingerprint density at radius 3 is 1.45 bits per heavy atom. The van der Waals surface area contributed by atoms with E-state index in [1.54, 1.807) is 0 Å². The molecule has 0 saturated heterocycles. The molecular weight excluding hydrogens is 167 g/mol. The van der Waals surface area contributed by atoms with E-state index in [4.69, 9.17) is 9.90 Å². The summed E-state index contributed by atoms with van der Waals surface area (Å²) in [6, 6.07) is 0. The molecule has 5 nitrogen and oxygen atoms in total. The zero-order chi connectivity index (χ0) is 9.65. The Balaban J connectivity index is 0. The Hall–Kier alpha value is -1.47. The van der Waals surface area contributed by atoms with Gasteiger partial charge in [-0.05, 0) is 0 Å². The molecule has 0 aromatic carbocycles. The summed E-state index contributed by atoms with van der Waals surface area (Å²) in [5, 5.41) is 11.7. The molecule has 0 rings (SSSR count). The Morgan fingerprint density at radius 1 is 1.36 bits per heavy atom. The summed E-state index contributed by atoms with van der Waals surface area (Å²) >= 11 is 0. The van der Waals surface area contributed by atoms with Crippen molar-refractivity contribution >= 4 is 11.9 Å². The number of aliphatic carboxylic acids is 1. The zero-order valence-electron chi connectivity index (χ0n) is 5.22. The standard InChI is InChI=1S/C2HF3O2.CH5N3/c3-2(4,5)1(6)7;2-1(3)4/h(H,6,7);(H5,2,3,4)/p+1. The smallest absolute Gasteiger partial charge is 0.475 e. The summed E-state index contributed by atoms with van der Waals surface area (Å²) in [4.78, 5) is 8.90. The van der Waals surface area contributed by atoms with Crippen molar-refractivity contribution in [2.24, 2.45) is 11.5 Å². The number of carboxylic acids is 1. The van der Waals surface area contributed by atoms with E-state index >= 15 is 0 Å². The molecule has 0 fully saturated rings. The highest BCUT2D eigenvalue weighted by molar-refractivity contribution is 5.73. The Labute approximate surface area is 59.3 Å².